The fourth-order valence-electron chi connectivity index (χ4n) is 1.85. The summed E-state index contributed by atoms with van der Waals surface area (Å²) < 4.78 is 23.5. The van der Waals surface area contributed by atoms with Crippen molar-refractivity contribution in [3.63, 3.8) is 0 Å². The topological polar surface area (TPSA) is 60.5 Å². The maximum Gasteiger partial charge on any atom is 0.412 e. The average molecular weight is 292 g/mol. The summed E-state index contributed by atoms with van der Waals surface area (Å²) in [5, 5.41) is 3.08. The van der Waals surface area contributed by atoms with Crippen LogP contribution >= 0.6 is 0 Å². The maximum absolute atomic E-state index is 13.3. The van der Waals surface area contributed by atoms with E-state index in [-0.39, 0.29) is 5.82 Å². The van der Waals surface area contributed by atoms with E-state index in [2.05, 4.69) is 10.3 Å². The van der Waals surface area contributed by atoms with E-state index >= 15 is 0 Å². The number of methoxy groups -OCH3 is 1. The van der Waals surface area contributed by atoms with Gasteiger partial charge in [0.25, 0.3) is 0 Å². The first-order chi connectivity index (χ1) is 10.1. The molecule has 2 aromatic rings. The van der Waals surface area contributed by atoms with Crippen LogP contribution < -0.4 is 10.1 Å². The lowest BCUT2D eigenvalue weighted by Crippen LogP contribution is -2.15. The van der Waals surface area contributed by atoms with Crippen molar-refractivity contribution in [2.24, 2.45) is 0 Å². The molecule has 0 aliphatic carbocycles. The second-order valence-electron chi connectivity index (χ2n) is 4.49. The molecule has 0 spiro atoms. The highest BCUT2D eigenvalue weighted by atomic mass is 19.1. The number of pyridine rings is 1. The van der Waals surface area contributed by atoms with E-state index in [1.807, 2.05) is 6.92 Å². The normalized spacial score (nSPS) is 10.4. The zero-order valence-electron chi connectivity index (χ0n) is 12.0. The van der Waals surface area contributed by atoms with Crippen molar-refractivity contribution in [2.45, 2.75) is 19.8 Å². The van der Waals surface area contributed by atoms with E-state index in [0.717, 1.165) is 12.8 Å². The molecular formula is C15H17FN2O3. The number of hydrogen-bond acceptors (Lipinski definition) is 4. The molecular weight excluding hydrogens is 275 g/mol. The monoisotopic (exact) mass is 292 g/mol. The van der Waals surface area contributed by atoms with Gasteiger partial charge in [0.1, 0.15) is 17.4 Å². The Balaban J connectivity index is 2.21. The molecule has 1 amide bonds. The number of benzene rings is 1. The Bertz CT molecular complexity index is 646. The second kappa shape index (κ2) is 6.88. The molecule has 0 aliphatic heterocycles. The molecule has 2 rings (SSSR count). The summed E-state index contributed by atoms with van der Waals surface area (Å²) in [5.74, 6) is 0.359. The summed E-state index contributed by atoms with van der Waals surface area (Å²) in [5.41, 5.74) is 0.527. The highest BCUT2D eigenvalue weighted by Gasteiger charge is 2.10. The van der Waals surface area contributed by atoms with Gasteiger partial charge in [-0.1, -0.05) is 13.3 Å². The molecule has 6 heteroatoms. The molecule has 0 saturated heterocycles. The van der Waals surface area contributed by atoms with Gasteiger partial charge in [-0.05, 0) is 24.6 Å². The number of hydrogen-bond donors (Lipinski definition) is 1. The maximum atomic E-state index is 13.3. The van der Waals surface area contributed by atoms with Crippen molar-refractivity contribution in [3.05, 3.63) is 30.1 Å². The summed E-state index contributed by atoms with van der Waals surface area (Å²) in [6, 6.07) is 5.70. The van der Waals surface area contributed by atoms with Crippen molar-refractivity contribution < 1.29 is 18.7 Å². The Morgan fingerprint density at radius 2 is 2.19 bits per heavy atom. The van der Waals surface area contributed by atoms with Gasteiger partial charge in [0.2, 0.25) is 0 Å². The van der Waals surface area contributed by atoms with E-state index in [9.17, 15) is 9.18 Å². The second-order valence-corrected chi connectivity index (χ2v) is 4.49. The van der Waals surface area contributed by atoms with Crippen LogP contribution in [0.3, 0.4) is 0 Å². The molecule has 0 saturated carbocycles. The number of ether oxygens (including phenoxy) is 2. The Labute approximate surface area is 122 Å². The number of aromatic nitrogens is 1. The highest BCUT2D eigenvalue weighted by molar-refractivity contribution is 5.90. The summed E-state index contributed by atoms with van der Waals surface area (Å²) in [7, 11) is 1.48. The molecule has 21 heavy (non-hydrogen) atoms. The van der Waals surface area contributed by atoms with Gasteiger partial charge >= 0.3 is 6.09 Å². The summed E-state index contributed by atoms with van der Waals surface area (Å²) in [4.78, 5) is 15.8. The number of unbranched alkanes of at least 4 members (excludes halogenated alkanes) is 1. The van der Waals surface area contributed by atoms with Gasteiger partial charge in [0, 0.05) is 11.5 Å². The van der Waals surface area contributed by atoms with Crippen molar-refractivity contribution in [1.82, 2.24) is 4.98 Å². The third kappa shape index (κ3) is 3.81. The van der Waals surface area contributed by atoms with Crippen LogP contribution in [0, 0.1) is 5.82 Å². The Morgan fingerprint density at radius 3 is 2.90 bits per heavy atom. The van der Waals surface area contributed by atoms with Gasteiger partial charge in [-0.2, -0.15) is 0 Å². The van der Waals surface area contributed by atoms with Crippen LogP contribution in [-0.4, -0.2) is 24.8 Å². The first-order valence-corrected chi connectivity index (χ1v) is 6.72. The van der Waals surface area contributed by atoms with Crippen molar-refractivity contribution in [3.8, 4) is 5.75 Å². The number of amides is 1. The number of carbonyl (C=O) groups excluding carboxylic acids is 1. The van der Waals surface area contributed by atoms with Gasteiger partial charge in [-0.3, -0.25) is 5.32 Å². The molecule has 112 valence electrons. The number of carbonyl (C=O) groups is 1. The minimum Gasteiger partial charge on any atom is -0.496 e. The molecule has 0 bridgehead atoms. The molecule has 1 N–H and O–H groups in total. The lowest BCUT2D eigenvalue weighted by atomic mass is 10.2. The van der Waals surface area contributed by atoms with E-state index in [1.54, 1.807) is 0 Å². The first kappa shape index (κ1) is 15.0. The molecule has 0 radical (unpaired) electrons. The number of halogens is 1. The number of anilines is 1. The van der Waals surface area contributed by atoms with E-state index in [0.29, 0.717) is 29.1 Å². The quantitative estimate of drug-likeness (QED) is 0.853. The third-order valence-corrected chi connectivity index (χ3v) is 2.91. The largest absolute Gasteiger partial charge is 0.496 e. The first-order valence-electron chi connectivity index (χ1n) is 6.72. The Kier molecular flexibility index (Phi) is 4.92. The van der Waals surface area contributed by atoms with Crippen molar-refractivity contribution >= 4 is 22.8 Å². The van der Waals surface area contributed by atoms with Gasteiger partial charge in [0.05, 0.1) is 19.2 Å². The predicted octanol–water partition coefficient (Wildman–Crippen LogP) is 3.73. The zero-order chi connectivity index (χ0) is 15.2. The van der Waals surface area contributed by atoms with Crippen LogP contribution in [0.2, 0.25) is 0 Å². The summed E-state index contributed by atoms with van der Waals surface area (Å²) in [6.45, 7) is 2.37. The van der Waals surface area contributed by atoms with E-state index in [4.69, 9.17) is 9.47 Å². The summed E-state index contributed by atoms with van der Waals surface area (Å²) >= 11 is 0. The Hall–Kier alpha value is -2.37. The van der Waals surface area contributed by atoms with Crippen LogP contribution in [0.4, 0.5) is 15.0 Å². The molecule has 1 aromatic carbocycles. The van der Waals surface area contributed by atoms with E-state index in [1.165, 1.54) is 31.4 Å². The highest BCUT2D eigenvalue weighted by Crippen LogP contribution is 2.27. The average Bonchev–Trinajstić information content (AvgIpc) is 2.47. The van der Waals surface area contributed by atoms with Crippen molar-refractivity contribution in [1.29, 1.82) is 0 Å². The molecule has 0 fully saturated rings. The Morgan fingerprint density at radius 1 is 1.38 bits per heavy atom. The summed E-state index contributed by atoms with van der Waals surface area (Å²) in [6.07, 6.45) is 1.18. The van der Waals surface area contributed by atoms with Crippen LogP contribution in [0.5, 0.6) is 5.75 Å². The molecule has 5 nitrogen and oxygen atoms in total. The number of nitrogens with zero attached hydrogens (tertiary/aromatic N) is 1. The van der Waals surface area contributed by atoms with Gasteiger partial charge in [-0.25, -0.2) is 14.2 Å². The molecule has 0 unspecified atom stereocenters. The van der Waals surface area contributed by atoms with Gasteiger partial charge in [0.15, 0.2) is 0 Å². The number of nitrogens with one attached hydrogen (secondary N) is 1. The standard InChI is InChI=1S/C15H17FN2O3/c1-3-4-7-21-15(19)18-14-9-13(20-2)11-8-10(16)5-6-12(11)17-14/h5-6,8-9H,3-4,7H2,1-2H3,(H,17,18,19). The fourth-order valence-corrected chi connectivity index (χ4v) is 1.85. The van der Waals surface area contributed by atoms with Gasteiger partial charge < -0.3 is 9.47 Å². The molecule has 0 aliphatic rings. The molecule has 0 atom stereocenters. The lowest BCUT2D eigenvalue weighted by molar-refractivity contribution is 0.160. The molecule has 1 aromatic heterocycles. The van der Waals surface area contributed by atoms with Crippen molar-refractivity contribution in [2.75, 3.05) is 19.0 Å². The van der Waals surface area contributed by atoms with E-state index < -0.39 is 6.09 Å². The van der Waals surface area contributed by atoms with Crippen LogP contribution in [0.15, 0.2) is 24.3 Å². The van der Waals surface area contributed by atoms with Crippen LogP contribution in [-0.2, 0) is 4.74 Å². The third-order valence-electron chi connectivity index (χ3n) is 2.91. The smallest absolute Gasteiger partial charge is 0.412 e. The van der Waals surface area contributed by atoms with Crippen LogP contribution in [0.25, 0.3) is 10.9 Å². The number of rotatable bonds is 5. The minimum atomic E-state index is -0.570. The zero-order valence-corrected chi connectivity index (χ0v) is 12.0. The minimum absolute atomic E-state index is 0.299. The molecule has 1 heterocycles. The number of fused-ring (bicyclic) bond motifs is 1. The lowest BCUT2D eigenvalue weighted by Gasteiger charge is -2.10. The SMILES string of the molecule is CCCCOC(=O)Nc1cc(OC)c2cc(F)ccc2n1. The van der Waals surface area contributed by atoms with Crippen LogP contribution in [0.1, 0.15) is 19.8 Å². The predicted molar refractivity (Wildman–Crippen MR) is 78.1 cm³/mol. The fraction of sp³-hybridized carbons (Fsp3) is 0.333. The van der Waals surface area contributed by atoms with Gasteiger partial charge in [-0.15, -0.1) is 0 Å².